The summed E-state index contributed by atoms with van der Waals surface area (Å²) in [6, 6.07) is 4.09. The van der Waals surface area contributed by atoms with Crippen molar-refractivity contribution in [3.05, 3.63) is 54.2 Å². The maximum atomic E-state index is 13.5. The lowest BCUT2D eigenvalue weighted by atomic mass is 10.0. The summed E-state index contributed by atoms with van der Waals surface area (Å²) < 4.78 is 32.5. The zero-order valence-corrected chi connectivity index (χ0v) is 19.9. The number of Topliss-reactive ketones (excluding diaryl/α,β-unsaturated/α-hetero) is 1. The van der Waals surface area contributed by atoms with Gasteiger partial charge in [-0.1, -0.05) is 19.9 Å². The Morgan fingerprint density at radius 2 is 2.06 bits per heavy atom. The van der Waals surface area contributed by atoms with Crippen molar-refractivity contribution >= 4 is 27.6 Å². The molecule has 3 atom stereocenters. The standard InChI is InChI=1S/C23H28N4O6S/c1-15(2)11-17(25-22(29)20-6-4-10-33-20)23(30)26-9-7-18-21(26)19(28)13-27(18)34(31,32)14-16-5-3-8-24-12-16/h3-6,8,10,12,15,17-18,21H,7,9,11,13-14H2,1-2H3,(H,25,29). The number of aromatic nitrogens is 1. The average molecular weight is 489 g/mol. The van der Waals surface area contributed by atoms with Crippen LogP contribution in [0.5, 0.6) is 0 Å². The second kappa shape index (κ2) is 9.67. The molecule has 2 aromatic rings. The largest absolute Gasteiger partial charge is 0.459 e. The van der Waals surface area contributed by atoms with E-state index in [1.54, 1.807) is 24.4 Å². The minimum Gasteiger partial charge on any atom is -0.459 e. The van der Waals surface area contributed by atoms with Gasteiger partial charge in [0, 0.05) is 18.9 Å². The minimum atomic E-state index is -3.78. The Balaban J connectivity index is 1.51. The van der Waals surface area contributed by atoms with Gasteiger partial charge in [0.15, 0.2) is 11.5 Å². The zero-order valence-electron chi connectivity index (χ0n) is 19.1. The van der Waals surface area contributed by atoms with E-state index in [0.717, 1.165) is 0 Å². The molecule has 0 aliphatic carbocycles. The van der Waals surface area contributed by atoms with Crippen LogP contribution in [0.4, 0.5) is 0 Å². The Morgan fingerprint density at radius 1 is 1.26 bits per heavy atom. The Bertz CT molecular complexity index is 1150. The highest BCUT2D eigenvalue weighted by Crippen LogP contribution is 2.33. The first-order valence-electron chi connectivity index (χ1n) is 11.2. The van der Waals surface area contributed by atoms with Gasteiger partial charge in [-0.15, -0.1) is 0 Å². The first-order valence-corrected chi connectivity index (χ1v) is 12.8. The van der Waals surface area contributed by atoms with Gasteiger partial charge >= 0.3 is 0 Å². The molecule has 2 aromatic heterocycles. The van der Waals surface area contributed by atoms with Crippen LogP contribution in [0.2, 0.25) is 0 Å². The Morgan fingerprint density at radius 3 is 2.71 bits per heavy atom. The molecule has 0 aromatic carbocycles. The van der Waals surface area contributed by atoms with Gasteiger partial charge in [-0.2, -0.15) is 4.31 Å². The molecule has 4 heterocycles. The molecule has 10 nitrogen and oxygen atoms in total. The molecule has 1 N–H and O–H groups in total. The summed E-state index contributed by atoms with van der Waals surface area (Å²) >= 11 is 0. The van der Waals surface area contributed by atoms with Crippen LogP contribution in [-0.4, -0.2) is 71.4 Å². The number of nitrogens with one attached hydrogen (secondary N) is 1. The molecule has 0 saturated carbocycles. The van der Waals surface area contributed by atoms with E-state index < -0.39 is 34.1 Å². The molecule has 0 spiro atoms. The predicted octanol–water partition coefficient (Wildman–Crippen LogP) is 1.20. The number of nitrogens with zero attached hydrogens (tertiary/aromatic N) is 3. The normalized spacial score (nSPS) is 21.6. The van der Waals surface area contributed by atoms with Crippen LogP contribution in [0, 0.1) is 5.92 Å². The van der Waals surface area contributed by atoms with E-state index in [9.17, 15) is 22.8 Å². The van der Waals surface area contributed by atoms with E-state index in [-0.39, 0.29) is 42.2 Å². The fourth-order valence-corrected chi connectivity index (χ4v) is 6.40. The van der Waals surface area contributed by atoms with Gasteiger partial charge in [0.1, 0.15) is 12.1 Å². The third kappa shape index (κ3) is 4.90. The van der Waals surface area contributed by atoms with Crippen molar-refractivity contribution in [2.45, 2.75) is 50.6 Å². The molecule has 182 valence electrons. The number of likely N-dealkylation sites (tertiary alicyclic amines) is 1. The van der Waals surface area contributed by atoms with Gasteiger partial charge in [0.05, 0.1) is 24.6 Å². The van der Waals surface area contributed by atoms with E-state index in [1.165, 1.54) is 27.7 Å². The van der Waals surface area contributed by atoms with Gasteiger partial charge in [-0.05, 0) is 42.5 Å². The van der Waals surface area contributed by atoms with E-state index in [0.29, 0.717) is 18.4 Å². The first kappa shape index (κ1) is 24.1. The number of furan rings is 1. The fraction of sp³-hybridized carbons (Fsp3) is 0.478. The molecule has 3 unspecified atom stereocenters. The van der Waals surface area contributed by atoms with Crippen molar-refractivity contribution < 1.29 is 27.2 Å². The van der Waals surface area contributed by atoms with Gasteiger partial charge in [0.2, 0.25) is 15.9 Å². The van der Waals surface area contributed by atoms with Crippen molar-refractivity contribution in [1.82, 2.24) is 19.5 Å². The molecule has 2 amide bonds. The maximum Gasteiger partial charge on any atom is 0.287 e. The number of pyridine rings is 1. The molecular formula is C23H28N4O6S. The fourth-order valence-electron chi connectivity index (χ4n) is 4.69. The summed E-state index contributed by atoms with van der Waals surface area (Å²) in [7, 11) is -3.78. The number of carbonyl (C=O) groups is 3. The average Bonchev–Trinajstić information content (AvgIpc) is 3.52. The van der Waals surface area contributed by atoms with E-state index in [4.69, 9.17) is 4.42 Å². The second-order valence-corrected chi connectivity index (χ2v) is 11.0. The highest BCUT2D eigenvalue weighted by atomic mass is 32.2. The lowest BCUT2D eigenvalue weighted by Gasteiger charge is -2.29. The Kier molecular flexibility index (Phi) is 6.85. The van der Waals surface area contributed by atoms with E-state index in [2.05, 4.69) is 10.3 Å². The SMILES string of the molecule is CC(C)CC(NC(=O)c1ccco1)C(=O)N1CCC2C1C(=O)CN2S(=O)(=O)Cc1cccnc1. The lowest BCUT2D eigenvalue weighted by Crippen LogP contribution is -2.53. The van der Waals surface area contributed by atoms with Crippen LogP contribution in [0.1, 0.15) is 42.8 Å². The summed E-state index contributed by atoms with van der Waals surface area (Å²) in [5.74, 6) is -1.30. The Hall–Kier alpha value is -3.05. The van der Waals surface area contributed by atoms with Crippen LogP contribution in [-0.2, 0) is 25.4 Å². The van der Waals surface area contributed by atoms with Gasteiger partial charge in [0.25, 0.3) is 5.91 Å². The van der Waals surface area contributed by atoms with E-state index >= 15 is 0 Å². The third-order valence-corrected chi connectivity index (χ3v) is 7.96. The number of carbonyl (C=O) groups excluding carboxylic acids is 3. The van der Waals surface area contributed by atoms with Crippen molar-refractivity contribution in [2.75, 3.05) is 13.1 Å². The molecule has 34 heavy (non-hydrogen) atoms. The van der Waals surface area contributed by atoms with Crippen molar-refractivity contribution in [2.24, 2.45) is 5.92 Å². The molecule has 2 fully saturated rings. The van der Waals surface area contributed by atoms with Crippen LogP contribution in [0.15, 0.2) is 47.3 Å². The van der Waals surface area contributed by atoms with Gasteiger partial charge in [-0.25, -0.2) is 8.42 Å². The van der Waals surface area contributed by atoms with Crippen molar-refractivity contribution in [3.8, 4) is 0 Å². The summed E-state index contributed by atoms with van der Waals surface area (Å²) in [5.41, 5.74) is 0.530. The first-order chi connectivity index (χ1) is 16.2. The monoisotopic (exact) mass is 488 g/mol. The van der Waals surface area contributed by atoms with Crippen LogP contribution < -0.4 is 5.32 Å². The third-order valence-electron chi connectivity index (χ3n) is 6.15. The zero-order chi connectivity index (χ0) is 24.5. The number of hydrogen-bond acceptors (Lipinski definition) is 7. The molecule has 0 radical (unpaired) electrons. The predicted molar refractivity (Wildman–Crippen MR) is 122 cm³/mol. The van der Waals surface area contributed by atoms with Gasteiger partial charge < -0.3 is 14.6 Å². The van der Waals surface area contributed by atoms with Crippen molar-refractivity contribution in [3.63, 3.8) is 0 Å². The molecule has 2 aliphatic rings. The molecule has 11 heteroatoms. The number of ketones is 1. The number of fused-ring (bicyclic) bond motifs is 1. The Labute approximate surface area is 198 Å². The summed E-state index contributed by atoms with van der Waals surface area (Å²) in [5, 5.41) is 2.72. The highest BCUT2D eigenvalue weighted by Gasteiger charge is 2.54. The highest BCUT2D eigenvalue weighted by molar-refractivity contribution is 7.88. The topological polar surface area (TPSA) is 130 Å². The summed E-state index contributed by atoms with van der Waals surface area (Å²) in [4.78, 5) is 44.3. The van der Waals surface area contributed by atoms with Crippen LogP contribution in [0.3, 0.4) is 0 Å². The van der Waals surface area contributed by atoms with Crippen LogP contribution in [0.25, 0.3) is 0 Å². The number of amides is 2. The molecule has 4 rings (SSSR count). The van der Waals surface area contributed by atoms with Gasteiger partial charge in [-0.3, -0.25) is 19.4 Å². The maximum absolute atomic E-state index is 13.5. The number of sulfonamides is 1. The smallest absolute Gasteiger partial charge is 0.287 e. The molecule has 2 saturated heterocycles. The number of rotatable bonds is 8. The number of hydrogen-bond donors (Lipinski definition) is 1. The van der Waals surface area contributed by atoms with Crippen LogP contribution >= 0.6 is 0 Å². The molecule has 2 aliphatic heterocycles. The molecule has 0 bridgehead atoms. The minimum absolute atomic E-state index is 0.0884. The summed E-state index contributed by atoms with van der Waals surface area (Å²) in [6.45, 7) is 3.83. The van der Waals surface area contributed by atoms with Crippen molar-refractivity contribution in [1.29, 1.82) is 0 Å². The summed E-state index contributed by atoms with van der Waals surface area (Å²) in [6.07, 6.45) is 5.14. The molecular weight excluding hydrogens is 460 g/mol. The quantitative estimate of drug-likeness (QED) is 0.591. The lowest BCUT2D eigenvalue weighted by molar-refractivity contribution is -0.138. The second-order valence-electron chi connectivity index (χ2n) is 9.09. The van der Waals surface area contributed by atoms with E-state index in [1.807, 2.05) is 13.8 Å².